The number of piperazine rings is 1. The zero-order valence-corrected chi connectivity index (χ0v) is 17.9. The Morgan fingerprint density at radius 1 is 1.10 bits per heavy atom. The SMILES string of the molecule is COC(=O)c1[nH]c2ccccc2c1NC(=O)[C@H](C)N1CCN(C2CCCCC2)CC1. The lowest BCUT2D eigenvalue weighted by Gasteiger charge is -2.42. The van der Waals surface area contributed by atoms with Gasteiger partial charge in [-0.1, -0.05) is 37.5 Å². The minimum atomic E-state index is -0.491. The number of carbonyl (C=O) groups excluding carboxylic acids is 2. The molecule has 2 heterocycles. The molecule has 4 rings (SSSR count). The number of nitrogens with one attached hydrogen (secondary N) is 2. The highest BCUT2D eigenvalue weighted by atomic mass is 16.5. The van der Waals surface area contributed by atoms with Crippen LogP contribution in [0.4, 0.5) is 5.69 Å². The van der Waals surface area contributed by atoms with Crippen molar-refractivity contribution < 1.29 is 14.3 Å². The number of aromatic amines is 1. The predicted molar refractivity (Wildman–Crippen MR) is 118 cm³/mol. The number of hydrogen-bond donors (Lipinski definition) is 2. The average molecular weight is 413 g/mol. The van der Waals surface area contributed by atoms with Crippen molar-refractivity contribution in [1.82, 2.24) is 14.8 Å². The number of hydrogen-bond acceptors (Lipinski definition) is 5. The standard InChI is InChI=1S/C23H32N4O3/c1-16(26-12-14-27(15-13-26)17-8-4-3-5-9-17)22(28)25-20-18-10-6-7-11-19(18)24-21(20)23(29)30-2/h6-7,10-11,16-17,24H,3-5,8-9,12-15H2,1-2H3,(H,25,28)/t16-/m0/s1. The van der Waals surface area contributed by atoms with Crippen LogP contribution in [0.3, 0.4) is 0 Å². The molecule has 1 aliphatic heterocycles. The summed E-state index contributed by atoms with van der Waals surface area (Å²) in [5.74, 6) is -0.591. The summed E-state index contributed by atoms with van der Waals surface area (Å²) in [5, 5.41) is 3.80. The first kappa shape index (κ1) is 20.9. The van der Waals surface area contributed by atoms with Crippen LogP contribution in [-0.4, -0.2) is 72.0 Å². The Morgan fingerprint density at radius 2 is 1.80 bits per heavy atom. The van der Waals surface area contributed by atoms with Gasteiger partial charge >= 0.3 is 5.97 Å². The van der Waals surface area contributed by atoms with Crippen LogP contribution in [0.25, 0.3) is 10.9 Å². The molecule has 2 aromatic rings. The Hall–Kier alpha value is -2.38. The third kappa shape index (κ3) is 4.23. The van der Waals surface area contributed by atoms with Gasteiger partial charge < -0.3 is 15.0 Å². The number of nitrogens with zero attached hydrogens (tertiary/aromatic N) is 2. The van der Waals surface area contributed by atoms with Gasteiger partial charge in [0.25, 0.3) is 0 Å². The topological polar surface area (TPSA) is 77.7 Å². The third-order valence-corrected chi connectivity index (χ3v) is 6.71. The van der Waals surface area contributed by atoms with E-state index >= 15 is 0 Å². The average Bonchev–Trinajstić information content (AvgIpc) is 3.17. The number of fused-ring (bicyclic) bond motifs is 1. The maximum atomic E-state index is 13.1. The molecule has 2 N–H and O–H groups in total. The smallest absolute Gasteiger partial charge is 0.356 e. The van der Waals surface area contributed by atoms with Crippen LogP contribution in [0.5, 0.6) is 0 Å². The number of para-hydroxylation sites is 1. The molecule has 1 saturated heterocycles. The number of anilines is 1. The molecule has 7 nitrogen and oxygen atoms in total. The number of benzene rings is 1. The summed E-state index contributed by atoms with van der Waals surface area (Å²) in [7, 11) is 1.34. The first-order valence-corrected chi connectivity index (χ1v) is 11.1. The highest BCUT2D eigenvalue weighted by molar-refractivity contribution is 6.11. The molecule has 30 heavy (non-hydrogen) atoms. The second-order valence-electron chi connectivity index (χ2n) is 8.44. The summed E-state index contributed by atoms with van der Waals surface area (Å²) in [4.78, 5) is 33.2. The Bertz CT molecular complexity index is 895. The van der Waals surface area contributed by atoms with Crippen LogP contribution < -0.4 is 5.32 Å². The molecule has 0 unspecified atom stereocenters. The van der Waals surface area contributed by atoms with Gasteiger partial charge in [0.1, 0.15) is 5.69 Å². The number of carbonyl (C=O) groups is 2. The summed E-state index contributed by atoms with van der Waals surface area (Å²) in [6.45, 7) is 5.76. The van der Waals surface area contributed by atoms with Crippen LogP contribution >= 0.6 is 0 Å². The van der Waals surface area contributed by atoms with E-state index < -0.39 is 5.97 Å². The summed E-state index contributed by atoms with van der Waals surface area (Å²) in [6, 6.07) is 8.00. The van der Waals surface area contributed by atoms with Crippen molar-refractivity contribution in [2.75, 3.05) is 38.6 Å². The van der Waals surface area contributed by atoms with Gasteiger partial charge in [-0.05, 0) is 25.8 Å². The zero-order valence-electron chi connectivity index (χ0n) is 17.9. The van der Waals surface area contributed by atoms with Crippen molar-refractivity contribution in [1.29, 1.82) is 0 Å². The summed E-state index contributed by atoms with van der Waals surface area (Å²) in [6.07, 6.45) is 6.68. The Labute approximate surface area is 177 Å². The van der Waals surface area contributed by atoms with Crippen LogP contribution in [0.15, 0.2) is 24.3 Å². The molecule has 0 spiro atoms. The maximum absolute atomic E-state index is 13.1. The minimum absolute atomic E-state index is 0.101. The second-order valence-corrected chi connectivity index (χ2v) is 8.44. The van der Waals surface area contributed by atoms with Gasteiger partial charge in [0.2, 0.25) is 5.91 Å². The molecular weight excluding hydrogens is 380 g/mol. The van der Waals surface area contributed by atoms with Crippen LogP contribution in [-0.2, 0) is 9.53 Å². The minimum Gasteiger partial charge on any atom is -0.464 e. The lowest BCUT2D eigenvalue weighted by atomic mass is 9.94. The molecule has 1 aromatic heterocycles. The molecule has 2 aliphatic rings. The van der Waals surface area contributed by atoms with Crippen molar-refractivity contribution in [3.05, 3.63) is 30.0 Å². The Morgan fingerprint density at radius 3 is 2.50 bits per heavy atom. The van der Waals surface area contributed by atoms with E-state index in [2.05, 4.69) is 20.1 Å². The van der Waals surface area contributed by atoms with Crippen LogP contribution in [0.1, 0.15) is 49.5 Å². The Balaban J connectivity index is 1.42. The molecule has 1 saturated carbocycles. The van der Waals surface area contributed by atoms with Gasteiger partial charge in [-0.3, -0.25) is 14.6 Å². The van der Waals surface area contributed by atoms with Crippen LogP contribution in [0, 0.1) is 0 Å². The van der Waals surface area contributed by atoms with E-state index in [0.717, 1.165) is 43.1 Å². The van der Waals surface area contributed by atoms with Crippen molar-refractivity contribution in [3.8, 4) is 0 Å². The number of aromatic nitrogens is 1. The molecule has 1 aromatic carbocycles. The fourth-order valence-electron chi connectivity index (χ4n) is 4.86. The molecular formula is C23H32N4O3. The van der Waals surface area contributed by atoms with Gasteiger partial charge in [0.15, 0.2) is 0 Å². The molecule has 0 radical (unpaired) electrons. The number of rotatable bonds is 5. The lowest BCUT2D eigenvalue weighted by molar-refractivity contribution is -0.121. The fourth-order valence-corrected chi connectivity index (χ4v) is 4.86. The van der Waals surface area contributed by atoms with Gasteiger partial charge in [0, 0.05) is 43.1 Å². The van der Waals surface area contributed by atoms with Gasteiger partial charge in [-0.15, -0.1) is 0 Å². The normalized spacial score (nSPS) is 20.2. The molecule has 162 valence electrons. The zero-order chi connectivity index (χ0) is 21.1. The molecule has 0 bridgehead atoms. The van der Waals surface area contributed by atoms with Crippen molar-refractivity contribution >= 4 is 28.5 Å². The Kier molecular flexibility index (Phi) is 6.39. The monoisotopic (exact) mass is 412 g/mol. The van der Waals surface area contributed by atoms with Crippen molar-refractivity contribution in [3.63, 3.8) is 0 Å². The van der Waals surface area contributed by atoms with E-state index in [1.807, 2.05) is 31.2 Å². The number of amides is 1. The summed E-state index contributed by atoms with van der Waals surface area (Å²) >= 11 is 0. The van der Waals surface area contributed by atoms with E-state index in [9.17, 15) is 9.59 Å². The van der Waals surface area contributed by atoms with Crippen molar-refractivity contribution in [2.45, 2.75) is 51.1 Å². The van der Waals surface area contributed by atoms with E-state index in [1.54, 1.807) is 0 Å². The number of esters is 1. The second kappa shape index (κ2) is 9.18. The number of ether oxygens (including phenoxy) is 1. The lowest BCUT2D eigenvalue weighted by Crippen LogP contribution is -2.55. The number of H-pyrrole nitrogens is 1. The molecule has 1 aliphatic carbocycles. The predicted octanol–water partition coefficient (Wildman–Crippen LogP) is 3.23. The van der Waals surface area contributed by atoms with Gasteiger partial charge in [-0.2, -0.15) is 0 Å². The van der Waals surface area contributed by atoms with Crippen LogP contribution in [0.2, 0.25) is 0 Å². The number of methoxy groups -OCH3 is 1. The molecule has 2 fully saturated rings. The highest BCUT2D eigenvalue weighted by Gasteiger charge is 2.30. The highest BCUT2D eigenvalue weighted by Crippen LogP contribution is 2.29. The molecule has 1 amide bonds. The van der Waals surface area contributed by atoms with Crippen molar-refractivity contribution in [2.24, 2.45) is 0 Å². The molecule has 1 atom stereocenters. The fraction of sp³-hybridized carbons (Fsp3) is 0.565. The van der Waals surface area contributed by atoms with Gasteiger partial charge in [-0.25, -0.2) is 4.79 Å². The maximum Gasteiger partial charge on any atom is 0.356 e. The first-order chi connectivity index (χ1) is 14.6. The van der Waals surface area contributed by atoms with E-state index in [0.29, 0.717) is 5.69 Å². The van der Waals surface area contributed by atoms with Gasteiger partial charge in [0.05, 0.1) is 18.8 Å². The summed E-state index contributed by atoms with van der Waals surface area (Å²) in [5.41, 5.74) is 1.57. The third-order valence-electron chi connectivity index (χ3n) is 6.71. The van der Waals surface area contributed by atoms with E-state index in [1.165, 1.54) is 39.2 Å². The summed E-state index contributed by atoms with van der Waals surface area (Å²) < 4.78 is 4.90. The van der Waals surface area contributed by atoms with E-state index in [4.69, 9.17) is 4.74 Å². The molecule has 7 heteroatoms. The first-order valence-electron chi connectivity index (χ1n) is 11.1. The largest absolute Gasteiger partial charge is 0.464 e. The van der Waals surface area contributed by atoms with E-state index in [-0.39, 0.29) is 17.6 Å². The quantitative estimate of drug-likeness (QED) is 0.738.